The standard InChI is InChI=1S/C18H15Cl2N7S/c1-8-9(2)25-26-18-13(8)14-15(28-18)16(23-7-22-14)24-11-5-27(6-11)17-12(20)3-10(19)4-21-17/h3-4,7,11H,5-6H2,1-2H3,(H,22,23,24). The number of nitrogens with one attached hydrogen (secondary N) is 1. The zero-order chi connectivity index (χ0) is 19.4. The van der Waals surface area contributed by atoms with Crippen LogP contribution in [0.15, 0.2) is 18.6 Å². The predicted molar refractivity (Wildman–Crippen MR) is 114 cm³/mol. The topological polar surface area (TPSA) is 79.7 Å². The van der Waals surface area contributed by atoms with Crippen molar-refractivity contribution in [2.45, 2.75) is 19.9 Å². The van der Waals surface area contributed by atoms with Crippen molar-refractivity contribution in [3.8, 4) is 0 Å². The third-order valence-corrected chi connectivity index (χ3v) is 6.53. The fourth-order valence-electron chi connectivity index (χ4n) is 3.36. The van der Waals surface area contributed by atoms with Crippen molar-refractivity contribution >= 4 is 66.6 Å². The molecular weight excluding hydrogens is 417 g/mol. The second-order valence-electron chi connectivity index (χ2n) is 6.80. The van der Waals surface area contributed by atoms with E-state index in [0.29, 0.717) is 10.0 Å². The van der Waals surface area contributed by atoms with Gasteiger partial charge in [-0.05, 0) is 25.5 Å². The van der Waals surface area contributed by atoms with Gasteiger partial charge in [-0.1, -0.05) is 23.2 Å². The van der Waals surface area contributed by atoms with Gasteiger partial charge in [0.15, 0.2) is 0 Å². The first kappa shape index (κ1) is 17.8. The lowest BCUT2D eigenvalue weighted by molar-refractivity contribution is 0.544. The number of anilines is 2. The number of nitrogens with zero attached hydrogens (tertiary/aromatic N) is 6. The third-order valence-electron chi connectivity index (χ3n) is 4.97. The Kier molecular flexibility index (Phi) is 4.22. The number of aromatic nitrogens is 5. The van der Waals surface area contributed by atoms with Gasteiger partial charge in [0.25, 0.3) is 0 Å². The van der Waals surface area contributed by atoms with Gasteiger partial charge in [-0.3, -0.25) is 0 Å². The Labute approximate surface area is 174 Å². The Morgan fingerprint density at radius 2 is 1.96 bits per heavy atom. The second kappa shape index (κ2) is 6.65. The molecular formula is C18H15Cl2N7S. The molecule has 1 fully saturated rings. The smallest absolute Gasteiger partial charge is 0.149 e. The van der Waals surface area contributed by atoms with Crippen LogP contribution in [0, 0.1) is 13.8 Å². The van der Waals surface area contributed by atoms with Crippen LogP contribution in [0.4, 0.5) is 11.6 Å². The minimum Gasteiger partial charge on any atom is -0.362 e. The summed E-state index contributed by atoms with van der Waals surface area (Å²) in [6.45, 7) is 5.58. The number of pyridine rings is 1. The molecule has 0 radical (unpaired) electrons. The first-order valence-corrected chi connectivity index (χ1v) is 10.3. The molecule has 0 saturated carbocycles. The molecule has 0 bridgehead atoms. The lowest BCUT2D eigenvalue weighted by Crippen LogP contribution is -2.55. The van der Waals surface area contributed by atoms with Gasteiger partial charge in [0.1, 0.15) is 22.8 Å². The van der Waals surface area contributed by atoms with E-state index in [1.165, 1.54) is 0 Å². The molecule has 1 aliphatic rings. The quantitative estimate of drug-likeness (QED) is 0.518. The van der Waals surface area contributed by atoms with E-state index in [9.17, 15) is 0 Å². The van der Waals surface area contributed by atoms with Gasteiger partial charge in [0, 0.05) is 24.7 Å². The average molecular weight is 432 g/mol. The Morgan fingerprint density at radius 1 is 1.14 bits per heavy atom. The van der Waals surface area contributed by atoms with Crippen LogP contribution in [0.1, 0.15) is 11.3 Å². The summed E-state index contributed by atoms with van der Waals surface area (Å²) < 4.78 is 1.00. The summed E-state index contributed by atoms with van der Waals surface area (Å²) >= 11 is 13.7. The lowest BCUT2D eigenvalue weighted by atomic mass is 10.1. The molecule has 10 heteroatoms. The fraction of sp³-hybridized carbons (Fsp3) is 0.278. The van der Waals surface area contributed by atoms with Gasteiger partial charge in [0.05, 0.1) is 32.0 Å². The number of hydrogen-bond donors (Lipinski definition) is 1. The van der Waals surface area contributed by atoms with Crippen molar-refractivity contribution in [1.29, 1.82) is 0 Å². The second-order valence-corrected chi connectivity index (χ2v) is 8.64. The van der Waals surface area contributed by atoms with Crippen LogP contribution in [0.25, 0.3) is 20.4 Å². The fourth-order valence-corrected chi connectivity index (χ4v) is 4.95. The SMILES string of the molecule is Cc1nnc2sc3c(NC4CN(c5ncc(Cl)cc5Cl)C4)ncnc3c2c1C. The summed E-state index contributed by atoms with van der Waals surface area (Å²) in [7, 11) is 0. The summed E-state index contributed by atoms with van der Waals surface area (Å²) in [4.78, 5) is 16.3. The molecule has 5 rings (SSSR count). The van der Waals surface area contributed by atoms with E-state index in [2.05, 4.69) is 42.3 Å². The van der Waals surface area contributed by atoms with Gasteiger partial charge in [-0.15, -0.1) is 16.4 Å². The summed E-state index contributed by atoms with van der Waals surface area (Å²) in [5, 5.41) is 14.2. The highest BCUT2D eigenvalue weighted by atomic mass is 35.5. The first-order valence-electron chi connectivity index (χ1n) is 8.71. The average Bonchev–Trinajstić information content (AvgIpc) is 3.02. The first-order chi connectivity index (χ1) is 13.5. The normalized spacial score (nSPS) is 14.6. The van der Waals surface area contributed by atoms with Crippen molar-refractivity contribution < 1.29 is 0 Å². The summed E-state index contributed by atoms with van der Waals surface area (Å²) in [5.74, 6) is 1.57. The minimum absolute atomic E-state index is 0.241. The Morgan fingerprint density at radius 3 is 2.75 bits per heavy atom. The van der Waals surface area contributed by atoms with E-state index >= 15 is 0 Å². The molecule has 1 N–H and O–H groups in total. The van der Waals surface area contributed by atoms with Crippen molar-refractivity contribution in [3.05, 3.63) is 39.9 Å². The zero-order valence-corrected chi connectivity index (χ0v) is 17.4. The number of thiophene rings is 1. The van der Waals surface area contributed by atoms with Crippen molar-refractivity contribution in [2.24, 2.45) is 0 Å². The van der Waals surface area contributed by atoms with E-state index in [0.717, 1.165) is 56.4 Å². The molecule has 1 saturated heterocycles. The highest BCUT2D eigenvalue weighted by molar-refractivity contribution is 7.26. The van der Waals surface area contributed by atoms with Crippen LogP contribution in [0.5, 0.6) is 0 Å². The zero-order valence-electron chi connectivity index (χ0n) is 15.1. The van der Waals surface area contributed by atoms with Crippen molar-refractivity contribution in [2.75, 3.05) is 23.3 Å². The number of hydrogen-bond acceptors (Lipinski definition) is 8. The molecule has 0 unspecified atom stereocenters. The predicted octanol–water partition coefficient (Wildman–Crippen LogP) is 4.25. The molecule has 0 aliphatic carbocycles. The molecule has 5 heterocycles. The molecule has 0 atom stereocenters. The monoisotopic (exact) mass is 431 g/mol. The molecule has 0 amide bonds. The van der Waals surface area contributed by atoms with Gasteiger partial charge in [-0.25, -0.2) is 15.0 Å². The van der Waals surface area contributed by atoms with Gasteiger partial charge in [-0.2, -0.15) is 5.10 Å². The Balaban J connectivity index is 1.41. The van der Waals surface area contributed by atoms with Crippen LogP contribution in [0.3, 0.4) is 0 Å². The molecule has 28 heavy (non-hydrogen) atoms. The maximum Gasteiger partial charge on any atom is 0.149 e. The maximum atomic E-state index is 6.25. The largest absolute Gasteiger partial charge is 0.362 e. The highest BCUT2D eigenvalue weighted by Gasteiger charge is 2.30. The van der Waals surface area contributed by atoms with E-state index in [4.69, 9.17) is 23.2 Å². The molecule has 0 aromatic carbocycles. The number of rotatable bonds is 3. The van der Waals surface area contributed by atoms with Gasteiger partial charge < -0.3 is 10.2 Å². The summed E-state index contributed by atoms with van der Waals surface area (Å²) in [5.41, 5.74) is 2.95. The number of aryl methyl sites for hydroxylation is 2. The summed E-state index contributed by atoms with van der Waals surface area (Å²) in [6, 6.07) is 1.95. The van der Waals surface area contributed by atoms with Crippen LogP contribution in [-0.4, -0.2) is 44.3 Å². The Bertz CT molecular complexity index is 1220. The molecule has 142 valence electrons. The number of fused-ring (bicyclic) bond motifs is 3. The highest BCUT2D eigenvalue weighted by Crippen LogP contribution is 2.37. The van der Waals surface area contributed by atoms with Crippen molar-refractivity contribution in [1.82, 2.24) is 25.1 Å². The van der Waals surface area contributed by atoms with Crippen LogP contribution in [0.2, 0.25) is 10.0 Å². The van der Waals surface area contributed by atoms with Crippen LogP contribution >= 0.6 is 34.5 Å². The van der Waals surface area contributed by atoms with E-state index in [-0.39, 0.29) is 6.04 Å². The lowest BCUT2D eigenvalue weighted by Gasteiger charge is -2.41. The molecule has 1 aliphatic heterocycles. The van der Waals surface area contributed by atoms with E-state index < -0.39 is 0 Å². The van der Waals surface area contributed by atoms with E-state index in [1.807, 2.05) is 6.92 Å². The molecule has 0 spiro atoms. The molecule has 4 aromatic heterocycles. The van der Waals surface area contributed by atoms with Crippen LogP contribution in [-0.2, 0) is 0 Å². The minimum atomic E-state index is 0.241. The molecule has 7 nitrogen and oxygen atoms in total. The summed E-state index contributed by atoms with van der Waals surface area (Å²) in [6.07, 6.45) is 3.21. The maximum absolute atomic E-state index is 6.25. The van der Waals surface area contributed by atoms with Crippen molar-refractivity contribution in [3.63, 3.8) is 0 Å². The van der Waals surface area contributed by atoms with Gasteiger partial charge >= 0.3 is 0 Å². The third kappa shape index (κ3) is 2.83. The van der Waals surface area contributed by atoms with Gasteiger partial charge in [0.2, 0.25) is 0 Å². The van der Waals surface area contributed by atoms with E-state index in [1.54, 1.807) is 29.9 Å². The molecule has 4 aromatic rings. The number of halogens is 2. The van der Waals surface area contributed by atoms with Crippen LogP contribution < -0.4 is 10.2 Å². The Hall–Kier alpha value is -2.29.